The molecule has 6 nitrogen and oxygen atoms in total. The van der Waals surface area contributed by atoms with Gasteiger partial charge in [0.1, 0.15) is 11.5 Å². The van der Waals surface area contributed by atoms with Crippen molar-refractivity contribution in [1.82, 2.24) is 9.88 Å². The van der Waals surface area contributed by atoms with Gasteiger partial charge in [-0.05, 0) is 80.7 Å². The number of benzene rings is 1. The lowest BCUT2D eigenvalue weighted by atomic mass is 9.78. The molecule has 6 heteroatoms. The first-order valence-corrected chi connectivity index (χ1v) is 12.2. The average molecular weight is 451 g/mol. The molecule has 2 saturated heterocycles. The number of nitrogens with zero attached hydrogens (tertiary/aromatic N) is 2. The Balaban J connectivity index is 1.14. The van der Waals surface area contributed by atoms with Crippen molar-refractivity contribution < 1.29 is 19.0 Å². The van der Waals surface area contributed by atoms with Crippen LogP contribution in [0.3, 0.4) is 0 Å². The Morgan fingerprint density at radius 3 is 2.45 bits per heavy atom. The van der Waals surface area contributed by atoms with Gasteiger partial charge in [-0.25, -0.2) is 0 Å². The van der Waals surface area contributed by atoms with Gasteiger partial charge < -0.3 is 19.1 Å². The highest BCUT2D eigenvalue weighted by Crippen LogP contribution is 2.50. The topological polar surface area (TPSA) is 60.9 Å². The molecule has 33 heavy (non-hydrogen) atoms. The van der Waals surface area contributed by atoms with Crippen LogP contribution in [-0.2, 0) is 14.9 Å². The second kappa shape index (κ2) is 9.34. The predicted molar refractivity (Wildman–Crippen MR) is 125 cm³/mol. The molecule has 3 heterocycles. The van der Waals surface area contributed by atoms with Gasteiger partial charge in [-0.3, -0.25) is 9.78 Å². The molecule has 0 N–H and O–H groups in total. The number of rotatable bonds is 7. The van der Waals surface area contributed by atoms with E-state index in [0.29, 0.717) is 11.8 Å². The number of carbonyl (C=O) groups excluding carboxylic acids is 1. The maximum absolute atomic E-state index is 13.5. The fourth-order valence-corrected chi connectivity index (χ4v) is 5.58. The highest BCUT2D eigenvalue weighted by Gasteiger charge is 2.54. The number of piperidine rings is 1. The minimum absolute atomic E-state index is 0.0762. The Hall–Kier alpha value is -2.60. The molecule has 176 valence electrons. The molecule has 1 amide bonds. The van der Waals surface area contributed by atoms with E-state index in [2.05, 4.69) is 22.0 Å². The number of ether oxygens (including phenoxy) is 3. The Morgan fingerprint density at radius 1 is 1.06 bits per heavy atom. The average Bonchev–Trinajstić information content (AvgIpc) is 3.67. The first-order valence-electron chi connectivity index (χ1n) is 12.2. The first-order chi connectivity index (χ1) is 16.1. The minimum atomic E-state index is -0.322. The number of pyridine rings is 1. The van der Waals surface area contributed by atoms with E-state index in [1.807, 2.05) is 24.3 Å². The van der Waals surface area contributed by atoms with Crippen molar-refractivity contribution >= 4 is 5.91 Å². The van der Waals surface area contributed by atoms with Gasteiger partial charge in [-0.15, -0.1) is 0 Å². The maximum Gasteiger partial charge on any atom is 0.233 e. The summed E-state index contributed by atoms with van der Waals surface area (Å²) in [5.74, 6) is 2.61. The smallest absolute Gasteiger partial charge is 0.233 e. The van der Waals surface area contributed by atoms with Crippen molar-refractivity contribution in [2.45, 2.75) is 56.0 Å². The molecule has 0 radical (unpaired) electrons. The van der Waals surface area contributed by atoms with Crippen LogP contribution in [-0.4, -0.2) is 54.8 Å². The van der Waals surface area contributed by atoms with Crippen molar-refractivity contribution in [3.8, 4) is 11.5 Å². The second-order valence-electron chi connectivity index (χ2n) is 9.81. The fraction of sp³-hybridized carbons (Fsp3) is 0.556. The zero-order valence-corrected chi connectivity index (χ0v) is 19.5. The van der Waals surface area contributed by atoms with Crippen molar-refractivity contribution in [3.63, 3.8) is 0 Å². The Bertz CT molecular complexity index is 934. The molecule has 1 aromatic heterocycles. The molecule has 2 aliphatic heterocycles. The van der Waals surface area contributed by atoms with Crippen molar-refractivity contribution in [1.29, 1.82) is 0 Å². The summed E-state index contributed by atoms with van der Waals surface area (Å²) in [5, 5.41) is 0. The normalized spacial score (nSPS) is 23.2. The molecule has 0 bridgehead atoms. The molecule has 1 unspecified atom stereocenters. The molecule has 1 spiro atoms. The summed E-state index contributed by atoms with van der Waals surface area (Å²) in [6, 6.07) is 11.8. The monoisotopic (exact) mass is 450 g/mol. The van der Waals surface area contributed by atoms with Crippen LogP contribution < -0.4 is 9.47 Å². The molecule has 1 aliphatic carbocycles. The van der Waals surface area contributed by atoms with Crippen LogP contribution in [0.5, 0.6) is 11.5 Å². The highest BCUT2D eigenvalue weighted by atomic mass is 16.5. The Labute approximate surface area is 196 Å². The molecule has 3 fully saturated rings. The molecule has 1 saturated carbocycles. The maximum atomic E-state index is 13.5. The van der Waals surface area contributed by atoms with Crippen LogP contribution in [0, 0.1) is 5.92 Å². The molecule has 2 aromatic rings. The van der Waals surface area contributed by atoms with E-state index in [9.17, 15) is 4.79 Å². The van der Waals surface area contributed by atoms with E-state index in [1.165, 1.54) is 0 Å². The molecular formula is C27H34N2O4. The van der Waals surface area contributed by atoms with E-state index in [0.717, 1.165) is 88.3 Å². The third-order valence-corrected chi connectivity index (χ3v) is 7.80. The van der Waals surface area contributed by atoms with Crippen LogP contribution in [0.15, 0.2) is 48.8 Å². The van der Waals surface area contributed by atoms with Gasteiger partial charge in [0.25, 0.3) is 0 Å². The number of amides is 1. The van der Waals surface area contributed by atoms with E-state index >= 15 is 0 Å². The largest absolute Gasteiger partial charge is 0.497 e. The highest BCUT2D eigenvalue weighted by molar-refractivity contribution is 5.91. The van der Waals surface area contributed by atoms with Gasteiger partial charge in [0.2, 0.25) is 5.91 Å². The summed E-state index contributed by atoms with van der Waals surface area (Å²) in [7, 11) is 1.67. The Kier molecular flexibility index (Phi) is 6.28. The van der Waals surface area contributed by atoms with Gasteiger partial charge in [0.05, 0.1) is 24.7 Å². The van der Waals surface area contributed by atoms with Gasteiger partial charge in [-0.1, -0.05) is 12.1 Å². The first kappa shape index (κ1) is 22.2. The number of likely N-dealkylation sites (tertiary alicyclic amines) is 1. The molecular weight excluding hydrogens is 416 g/mol. The lowest BCUT2D eigenvalue weighted by Gasteiger charge is -2.46. The summed E-state index contributed by atoms with van der Waals surface area (Å²) < 4.78 is 17.5. The SMILES string of the molecule is COc1ccc(C2(C(=O)N3CCC4(CC3)CC(CCOc3ccncc3)CCO4)CC2)cc1. The number of aromatic nitrogens is 1. The van der Waals surface area contributed by atoms with Gasteiger partial charge >= 0.3 is 0 Å². The van der Waals surface area contributed by atoms with Crippen LogP contribution >= 0.6 is 0 Å². The quantitative estimate of drug-likeness (QED) is 0.627. The van der Waals surface area contributed by atoms with Crippen LogP contribution in [0.25, 0.3) is 0 Å². The number of carbonyl (C=O) groups is 1. The standard InChI is InChI=1S/C27H34N2O4/c1-31-23-4-2-22(3-5-23)27(10-11-27)25(30)29-16-12-26(13-17-29)20-21(9-19-33-26)8-18-32-24-6-14-28-15-7-24/h2-7,14-15,21H,8-13,16-20H2,1H3. The molecule has 1 atom stereocenters. The third-order valence-electron chi connectivity index (χ3n) is 7.80. The Morgan fingerprint density at radius 2 is 1.79 bits per heavy atom. The number of hydrogen-bond donors (Lipinski definition) is 0. The minimum Gasteiger partial charge on any atom is -0.497 e. The summed E-state index contributed by atoms with van der Waals surface area (Å²) in [4.78, 5) is 19.6. The molecule has 1 aromatic carbocycles. The lowest BCUT2D eigenvalue weighted by Crippen LogP contribution is -2.52. The summed E-state index contributed by atoms with van der Waals surface area (Å²) in [5.41, 5.74) is 0.723. The second-order valence-corrected chi connectivity index (χ2v) is 9.81. The van der Waals surface area contributed by atoms with E-state index in [-0.39, 0.29) is 11.0 Å². The predicted octanol–water partition coefficient (Wildman–Crippen LogP) is 4.38. The zero-order chi connectivity index (χ0) is 22.7. The van der Waals surface area contributed by atoms with Gasteiger partial charge in [0.15, 0.2) is 0 Å². The molecule has 3 aliphatic rings. The van der Waals surface area contributed by atoms with Crippen molar-refractivity contribution in [3.05, 3.63) is 54.4 Å². The third kappa shape index (κ3) is 4.72. The number of methoxy groups -OCH3 is 1. The van der Waals surface area contributed by atoms with Crippen LogP contribution in [0.4, 0.5) is 0 Å². The van der Waals surface area contributed by atoms with Gasteiger partial charge in [0, 0.05) is 32.1 Å². The van der Waals surface area contributed by atoms with Gasteiger partial charge in [-0.2, -0.15) is 0 Å². The summed E-state index contributed by atoms with van der Waals surface area (Å²) >= 11 is 0. The number of hydrogen-bond acceptors (Lipinski definition) is 5. The van der Waals surface area contributed by atoms with Crippen LogP contribution in [0.1, 0.15) is 50.5 Å². The van der Waals surface area contributed by atoms with Crippen LogP contribution in [0.2, 0.25) is 0 Å². The van der Waals surface area contributed by atoms with E-state index in [1.54, 1.807) is 19.5 Å². The lowest BCUT2D eigenvalue weighted by molar-refractivity contribution is -0.149. The fourth-order valence-electron chi connectivity index (χ4n) is 5.58. The molecule has 5 rings (SSSR count). The summed E-state index contributed by atoms with van der Waals surface area (Å²) in [6.45, 7) is 3.11. The van der Waals surface area contributed by atoms with Crippen molar-refractivity contribution in [2.24, 2.45) is 5.92 Å². The summed E-state index contributed by atoms with van der Waals surface area (Å²) in [6.07, 6.45) is 10.5. The zero-order valence-electron chi connectivity index (χ0n) is 19.5. The van der Waals surface area contributed by atoms with E-state index < -0.39 is 0 Å². The van der Waals surface area contributed by atoms with Crippen molar-refractivity contribution in [2.75, 3.05) is 33.4 Å². The van der Waals surface area contributed by atoms with E-state index in [4.69, 9.17) is 14.2 Å².